The quantitative estimate of drug-likeness (QED) is 0.824. The van der Waals surface area contributed by atoms with Gasteiger partial charge in [-0.3, -0.25) is 9.69 Å². The first-order valence-electron chi connectivity index (χ1n) is 9.32. The molecule has 0 radical (unpaired) electrons. The maximum Gasteiger partial charge on any atom is 0.242 e. The molecule has 0 unspecified atom stereocenters. The van der Waals surface area contributed by atoms with Gasteiger partial charge in [-0.1, -0.05) is 12.1 Å². The topological polar surface area (TPSA) is 50.6 Å². The summed E-state index contributed by atoms with van der Waals surface area (Å²) >= 11 is 0. The second-order valence-corrected chi connectivity index (χ2v) is 7.42. The first-order valence-corrected chi connectivity index (χ1v) is 9.32. The van der Waals surface area contributed by atoms with Crippen molar-refractivity contribution in [2.24, 2.45) is 5.92 Å². The predicted octanol–water partition coefficient (Wildman–Crippen LogP) is 2.01. The molecule has 2 bridgehead atoms. The highest BCUT2D eigenvalue weighted by molar-refractivity contribution is 5.76. The Kier molecular flexibility index (Phi) is 4.93. The molecule has 1 amide bonds. The number of carbonyl (C=O) groups excluding carboxylic acids is 1. The molecular formula is C20H26N4O2. The van der Waals surface area contributed by atoms with E-state index in [9.17, 15) is 4.79 Å². The number of rotatable bonds is 5. The Labute approximate surface area is 154 Å². The molecule has 26 heavy (non-hydrogen) atoms. The number of fused-ring (bicyclic) bond motifs is 4. The van der Waals surface area contributed by atoms with E-state index < -0.39 is 0 Å². The van der Waals surface area contributed by atoms with Crippen LogP contribution in [0.25, 0.3) is 0 Å². The van der Waals surface area contributed by atoms with Crippen LogP contribution in [-0.2, 0) is 17.9 Å². The average molecular weight is 354 g/mol. The van der Waals surface area contributed by atoms with Crippen molar-refractivity contribution < 1.29 is 9.53 Å². The van der Waals surface area contributed by atoms with Crippen LogP contribution in [-0.4, -0.2) is 58.0 Å². The number of nitrogens with zero attached hydrogens (tertiary/aromatic N) is 4. The molecule has 5 rings (SSSR count). The van der Waals surface area contributed by atoms with Gasteiger partial charge in [0.15, 0.2) is 0 Å². The Morgan fingerprint density at radius 1 is 1.19 bits per heavy atom. The Morgan fingerprint density at radius 3 is 2.77 bits per heavy atom. The number of ether oxygens (including phenoxy) is 1. The lowest BCUT2D eigenvalue weighted by atomic mass is 9.95. The molecule has 6 heteroatoms. The Bertz CT molecular complexity index is 729. The number of carbonyl (C=O) groups is 1. The Balaban J connectivity index is 1.41. The minimum absolute atomic E-state index is 0.212. The van der Waals surface area contributed by atoms with Gasteiger partial charge in [0.25, 0.3) is 0 Å². The van der Waals surface area contributed by atoms with Crippen molar-refractivity contribution >= 4 is 5.91 Å². The second kappa shape index (κ2) is 7.50. The maximum absolute atomic E-state index is 12.8. The van der Waals surface area contributed by atoms with Crippen LogP contribution in [0.4, 0.5) is 0 Å². The van der Waals surface area contributed by atoms with E-state index >= 15 is 0 Å². The molecule has 138 valence electrons. The molecule has 1 aromatic heterocycles. The molecule has 2 atom stereocenters. The Hall–Kier alpha value is -2.34. The van der Waals surface area contributed by atoms with Gasteiger partial charge in [-0.15, -0.1) is 0 Å². The van der Waals surface area contributed by atoms with E-state index in [0.29, 0.717) is 18.5 Å². The number of hydrogen-bond acceptors (Lipinski definition) is 4. The van der Waals surface area contributed by atoms with Crippen LogP contribution in [0.1, 0.15) is 18.4 Å². The molecule has 3 aliphatic heterocycles. The average Bonchev–Trinajstić information content (AvgIpc) is 3.01. The minimum atomic E-state index is 0.212. The SMILES string of the molecule is COc1ccc(CN2C[C@@H]3CC[C@H](C2)N(C(=O)Cn2ccnc2)C3)cc1. The van der Waals surface area contributed by atoms with Gasteiger partial charge in [0, 0.05) is 44.6 Å². The molecule has 1 aromatic carbocycles. The van der Waals surface area contributed by atoms with Crippen LogP contribution in [0.2, 0.25) is 0 Å². The summed E-state index contributed by atoms with van der Waals surface area (Å²) in [7, 11) is 1.69. The highest BCUT2D eigenvalue weighted by Gasteiger charge is 2.36. The third-order valence-electron chi connectivity index (χ3n) is 5.55. The number of aromatic nitrogens is 2. The van der Waals surface area contributed by atoms with Crippen LogP contribution in [0.5, 0.6) is 5.75 Å². The van der Waals surface area contributed by atoms with E-state index in [0.717, 1.165) is 38.3 Å². The summed E-state index contributed by atoms with van der Waals surface area (Å²) in [6.45, 7) is 4.23. The van der Waals surface area contributed by atoms with E-state index in [1.165, 1.54) is 12.0 Å². The van der Waals surface area contributed by atoms with E-state index in [1.807, 2.05) is 22.9 Å². The molecule has 3 saturated heterocycles. The van der Waals surface area contributed by atoms with Crippen molar-refractivity contribution in [2.45, 2.75) is 32.0 Å². The second-order valence-electron chi connectivity index (χ2n) is 7.42. The van der Waals surface area contributed by atoms with Gasteiger partial charge < -0.3 is 14.2 Å². The zero-order chi connectivity index (χ0) is 17.9. The van der Waals surface area contributed by atoms with Gasteiger partial charge in [-0.2, -0.15) is 0 Å². The first-order chi connectivity index (χ1) is 12.7. The van der Waals surface area contributed by atoms with Gasteiger partial charge >= 0.3 is 0 Å². The lowest BCUT2D eigenvalue weighted by molar-refractivity contribution is -0.135. The molecule has 0 spiro atoms. The molecule has 6 nitrogen and oxygen atoms in total. The van der Waals surface area contributed by atoms with Crippen molar-refractivity contribution in [3.05, 3.63) is 48.5 Å². The van der Waals surface area contributed by atoms with Crippen molar-refractivity contribution in [3.8, 4) is 5.75 Å². The Morgan fingerprint density at radius 2 is 2.04 bits per heavy atom. The number of piperidine rings is 1. The molecule has 3 fully saturated rings. The van der Waals surface area contributed by atoms with Crippen LogP contribution < -0.4 is 4.74 Å². The number of methoxy groups -OCH3 is 1. The highest BCUT2D eigenvalue weighted by Crippen LogP contribution is 2.29. The molecule has 4 heterocycles. The van der Waals surface area contributed by atoms with Crippen LogP contribution >= 0.6 is 0 Å². The smallest absolute Gasteiger partial charge is 0.242 e. The normalized spacial score (nSPS) is 23.0. The zero-order valence-electron chi connectivity index (χ0n) is 15.3. The predicted molar refractivity (Wildman–Crippen MR) is 98.7 cm³/mol. The fraction of sp³-hybridized carbons (Fsp3) is 0.500. The summed E-state index contributed by atoms with van der Waals surface area (Å²) in [5.41, 5.74) is 1.29. The van der Waals surface area contributed by atoms with Gasteiger partial charge in [0.2, 0.25) is 5.91 Å². The van der Waals surface area contributed by atoms with Crippen LogP contribution in [0.15, 0.2) is 43.0 Å². The van der Waals surface area contributed by atoms with E-state index in [2.05, 4.69) is 26.9 Å². The first kappa shape index (κ1) is 17.1. The number of hydrogen-bond donors (Lipinski definition) is 0. The van der Waals surface area contributed by atoms with Crippen molar-refractivity contribution in [1.82, 2.24) is 19.4 Å². The molecule has 0 aliphatic carbocycles. The third kappa shape index (κ3) is 3.75. The number of imidazole rings is 1. The van der Waals surface area contributed by atoms with E-state index in [-0.39, 0.29) is 5.91 Å². The highest BCUT2D eigenvalue weighted by atomic mass is 16.5. The van der Waals surface area contributed by atoms with Crippen molar-refractivity contribution in [3.63, 3.8) is 0 Å². The minimum Gasteiger partial charge on any atom is -0.497 e. The summed E-state index contributed by atoms with van der Waals surface area (Å²) in [5.74, 6) is 1.67. The summed E-state index contributed by atoms with van der Waals surface area (Å²) in [5, 5.41) is 0. The van der Waals surface area contributed by atoms with Gasteiger partial charge in [-0.05, 0) is 36.5 Å². The lowest BCUT2D eigenvalue weighted by Gasteiger charge is -2.36. The van der Waals surface area contributed by atoms with Gasteiger partial charge in [-0.25, -0.2) is 4.98 Å². The largest absolute Gasteiger partial charge is 0.497 e. The molecule has 0 saturated carbocycles. The monoisotopic (exact) mass is 354 g/mol. The van der Waals surface area contributed by atoms with Crippen molar-refractivity contribution in [2.75, 3.05) is 26.7 Å². The third-order valence-corrected chi connectivity index (χ3v) is 5.55. The molecule has 3 aliphatic rings. The zero-order valence-corrected chi connectivity index (χ0v) is 15.3. The van der Waals surface area contributed by atoms with Gasteiger partial charge in [0.05, 0.1) is 13.4 Å². The van der Waals surface area contributed by atoms with Crippen LogP contribution in [0, 0.1) is 5.92 Å². The standard InChI is InChI=1S/C20H26N4O2/c1-26-19-6-3-16(4-7-19)10-23-11-17-2-5-18(13-23)24(12-17)20(25)14-22-9-8-21-15-22/h3-4,6-9,15,17-18H,2,5,10-14H2,1H3/t17-,18+/m0/s1. The number of benzene rings is 1. The summed E-state index contributed by atoms with van der Waals surface area (Å²) in [6.07, 6.45) is 7.62. The lowest BCUT2D eigenvalue weighted by Crippen LogP contribution is -2.48. The van der Waals surface area contributed by atoms with Gasteiger partial charge in [0.1, 0.15) is 12.3 Å². The van der Waals surface area contributed by atoms with Crippen molar-refractivity contribution in [1.29, 1.82) is 0 Å². The molecular weight excluding hydrogens is 328 g/mol. The van der Waals surface area contributed by atoms with E-state index in [1.54, 1.807) is 19.6 Å². The molecule has 2 aromatic rings. The van der Waals surface area contributed by atoms with E-state index in [4.69, 9.17) is 4.74 Å². The number of amides is 1. The summed E-state index contributed by atoms with van der Waals surface area (Å²) in [4.78, 5) is 21.4. The summed E-state index contributed by atoms with van der Waals surface area (Å²) < 4.78 is 7.10. The maximum atomic E-state index is 12.8. The van der Waals surface area contributed by atoms with Crippen LogP contribution in [0.3, 0.4) is 0 Å². The fourth-order valence-corrected chi connectivity index (χ4v) is 4.23. The summed E-state index contributed by atoms with van der Waals surface area (Å²) in [6, 6.07) is 8.62. The fourth-order valence-electron chi connectivity index (χ4n) is 4.23. The molecule has 0 N–H and O–H groups in total.